The molecule has 0 fully saturated rings. The Balaban J connectivity index is 1.84. The Hall–Kier alpha value is -3.92. The van der Waals surface area contributed by atoms with Crippen molar-refractivity contribution in [1.29, 1.82) is 0 Å². The average Bonchev–Trinajstić information content (AvgIpc) is 3.03. The van der Waals surface area contributed by atoms with Crippen molar-refractivity contribution in [1.82, 2.24) is 9.13 Å². The van der Waals surface area contributed by atoms with Crippen molar-refractivity contribution in [2.24, 2.45) is 0 Å². The van der Waals surface area contributed by atoms with Crippen molar-refractivity contribution in [3.8, 4) is 22.3 Å². The minimum absolute atomic E-state index is 0.0233. The van der Waals surface area contributed by atoms with Gasteiger partial charge in [-0.2, -0.15) is 0 Å². The van der Waals surface area contributed by atoms with Gasteiger partial charge in [0.2, 0.25) is 0 Å². The predicted octanol–water partition coefficient (Wildman–Crippen LogP) is 5.05. The molecule has 0 N–H and O–H groups in total. The second-order valence-corrected chi connectivity index (χ2v) is 8.04. The van der Waals surface area contributed by atoms with E-state index >= 15 is 0 Å². The molecule has 1 aliphatic rings. The molecule has 31 heavy (non-hydrogen) atoms. The van der Waals surface area contributed by atoms with E-state index in [9.17, 15) is 9.59 Å². The van der Waals surface area contributed by atoms with Gasteiger partial charge in [0.1, 0.15) is 0 Å². The largest absolute Gasteiger partial charge is 0.306 e. The number of benzene rings is 3. The van der Waals surface area contributed by atoms with Crippen LogP contribution in [0.1, 0.15) is 6.42 Å². The molecule has 2 aromatic heterocycles. The summed E-state index contributed by atoms with van der Waals surface area (Å²) in [6.45, 7) is 1.20. The summed E-state index contributed by atoms with van der Waals surface area (Å²) in [4.78, 5) is 26.4. The van der Waals surface area contributed by atoms with Gasteiger partial charge in [-0.25, -0.2) is 0 Å². The van der Waals surface area contributed by atoms with Crippen LogP contribution in [0.5, 0.6) is 0 Å². The van der Waals surface area contributed by atoms with Crippen molar-refractivity contribution in [2.45, 2.75) is 19.5 Å². The van der Waals surface area contributed by atoms with Gasteiger partial charge in [0, 0.05) is 36.0 Å². The lowest BCUT2D eigenvalue weighted by Gasteiger charge is -2.17. The third-order valence-electron chi connectivity index (χ3n) is 6.27. The van der Waals surface area contributed by atoms with E-state index in [1.165, 1.54) is 0 Å². The average molecular weight is 404 g/mol. The molecule has 3 heterocycles. The van der Waals surface area contributed by atoms with Gasteiger partial charge in [0.05, 0.1) is 11.0 Å². The van der Waals surface area contributed by atoms with Crippen molar-refractivity contribution in [3.63, 3.8) is 0 Å². The summed E-state index contributed by atoms with van der Waals surface area (Å²) in [6.07, 6.45) is 0.744. The minimum atomic E-state index is -0.0233. The van der Waals surface area contributed by atoms with E-state index in [1.807, 2.05) is 69.8 Å². The quantitative estimate of drug-likeness (QED) is 0.386. The van der Waals surface area contributed by atoms with E-state index in [0.717, 1.165) is 50.5 Å². The Bertz CT molecular complexity index is 1460. The van der Waals surface area contributed by atoms with Crippen LogP contribution >= 0.6 is 0 Å². The molecule has 0 bridgehead atoms. The van der Waals surface area contributed by atoms with Crippen LogP contribution in [0.3, 0.4) is 0 Å². The summed E-state index contributed by atoms with van der Waals surface area (Å²) in [5.74, 6) is 0. The van der Waals surface area contributed by atoms with Crippen LogP contribution in [-0.4, -0.2) is 9.13 Å². The second kappa shape index (κ2) is 6.81. The van der Waals surface area contributed by atoms with Crippen molar-refractivity contribution in [3.05, 3.63) is 106 Å². The third-order valence-corrected chi connectivity index (χ3v) is 6.27. The van der Waals surface area contributed by atoms with Gasteiger partial charge in [-0.05, 0) is 28.7 Å². The Kier molecular flexibility index (Phi) is 3.93. The number of hydrogen-bond acceptors (Lipinski definition) is 2. The molecular formula is C27H20N2O2. The summed E-state index contributed by atoms with van der Waals surface area (Å²) in [7, 11) is 0. The summed E-state index contributed by atoms with van der Waals surface area (Å²) < 4.78 is 3.70. The van der Waals surface area contributed by atoms with Crippen LogP contribution in [0.15, 0.2) is 94.5 Å². The van der Waals surface area contributed by atoms with Crippen LogP contribution in [0.4, 0.5) is 0 Å². The Morgan fingerprint density at radius 1 is 0.548 bits per heavy atom. The molecule has 5 aromatic rings. The maximum atomic E-state index is 13.2. The number of pyridine rings is 2. The number of rotatable bonds is 2. The lowest BCUT2D eigenvalue weighted by atomic mass is 9.96. The number of nitrogens with zero attached hydrogens (tertiary/aromatic N) is 2. The van der Waals surface area contributed by atoms with E-state index in [4.69, 9.17) is 0 Å². The third kappa shape index (κ3) is 2.68. The fraction of sp³-hybridized carbons (Fsp3) is 0.111. The number of hydrogen-bond donors (Lipinski definition) is 0. The molecule has 0 saturated heterocycles. The zero-order valence-electron chi connectivity index (χ0n) is 16.9. The first kappa shape index (κ1) is 17.9. The van der Waals surface area contributed by atoms with E-state index < -0.39 is 0 Å². The van der Waals surface area contributed by atoms with Crippen LogP contribution in [0.2, 0.25) is 0 Å². The van der Waals surface area contributed by atoms with Gasteiger partial charge in [-0.3, -0.25) is 9.59 Å². The lowest BCUT2D eigenvalue weighted by Crippen LogP contribution is -2.20. The fourth-order valence-electron chi connectivity index (χ4n) is 4.88. The second-order valence-electron chi connectivity index (χ2n) is 8.04. The Morgan fingerprint density at radius 3 is 1.39 bits per heavy atom. The highest BCUT2D eigenvalue weighted by Crippen LogP contribution is 2.36. The topological polar surface area (TPSA) is 44.0 Å². The fourth-order valence-corrected chi connectivity index (χ4v) is 4.88. The minimum Gasteiger partial charge on any atom is -0.306 e. The standard InChI is InChI=1S/C27H20N2O2/c30-24-16-22(18-8-3-1-4-9-18)20-12-13-21-23(19-10-5-2-6-11-19)17-25(31)29-15-7-14-28(24)26(20)27(21)29/h1-6,8-13,16-17H,7,14-15H2. The summed E-state index contributed by atoms with van der Waals surface area (Å²) in [5, 5.41) is 2.00. The summed E-state index contributed by atoms with van der Waals surface area (Å²) in [5.41, 5.74) is 5.49. The highest BCUT2D eigenvalue weighted by Gasteiger charge is 2.20. The molecule has 6 rings (SSSR count). The first-order valence-electron chi connectivity index (χ1n) is 10.6. The van der Waals surface area contributed by atoms with Crippen LogP contribution in [0.25, 0.3) is 44.1 Å². The van der Waals surface area contributed by atoms with Crippen LogP contribution in [-0.2, 0) is 13.1 Å². The Labute approximate surface area is 178 Å². The van der Waals surface area contributed by atoms with Gasteiger partial charge in [0.15, 0.2) is 0 Å². The monoisotopic (exact) mass is 404 g/mol. The highest BCUT2D eigenvalue weighted by atomic mass is 16.1. The van der Waals surface area contributed by atoms with Crippen LogP contribution in [0, 0.1) is 0 Å². The zero-order chi connectivity index (χ0) is 20.9. The smallest absolute Gasteiger partial charge is 0.251 e. The number of aryl methyl sites for hydroxylation is 2. The first-order valence-corrected chi connectivity index (χ1v) is 10.6. The van der Waals surface area contributed by atoms with Crippen molar-refractivity contribution >= 4 is 21.8 Å². The van der Waals surface area contributed by atoms with Crippen molar-refractivity contribution in [2.75, 3.05) is 0 Å². The van der Waals surface area contributed by atoms with Gasteiger partial charge < -0.3 is 9.13 Å². The Morgan fingerprint density at radius 2 is 0.968 bits per heavy atom. The maximum absolute atomic E-state index is 13.2. The molecule has 3 aromatic carbocycles. The molecule has 0 spiro atoms. The maximum Gasteiger partial charge on any atom is 0.251 e. The molecule has 0 radical (unpaired) electrons. The molecule has 0 unspecified atom stereocenters. The molecule has 4 heteroatoms. The molecular weight excluding hydrogens is 384 g/mol. The molecule has 0 atom stereocenters. The lowest BCUT2D eigenvalue weighted by molar-refractivity contribution is 0.580. The van der Waals surface area contributed by atoms with Gasteiger partial charge in [-0.1, -0.05) is 72.8 Å². The van der Waals surface area contributed by atoms with Gasteiger partial charge >= 0.3 is 0 Å². The van der Waals surface area contributed by atoms with E-state index in [0.29, 0.717) is 13.1 Å². The predicted molar refractivity (Wildman–Crippen MR) is 125 cm³/mol. The normalized spacial score (nSPS) is 13.0. The molecule has 0 amide bonds. The van der Waals surface area contributed by atoms with E-state index in [1.54, 1.807) is 12.1 Å². The molecule has 1 aliphatic heterocycles. The highest BCUT2D eigenvalue weighted by molar-refractivity contribution is 6.12. The van der Waals surface area contributed by atoms with E-state index in [2.05, 4.69) is 12.1 Å². The van der Waals surface area contributed by atoms with Crippen LogP contribution < -0.4 is 11.1 Å². The van der Waals surface area contributed by atoms with Crippen molar-refractivity contribution < 1.29 is 0 Å². The van der Waals surface area contributed by atoms with Gasteiger partial charge in [-0.15, -0.1) is 0 Å². The van der Waals surface area contributed by atoms with E-state index in [-0.39, 0.29) is 11.1 Å². The SMILES string of the molecule is O=c1cc(-c2ccccc2)c2ccc3c(-c4ccccc4)cc(=O)n4c3c2n1CCC4. The number of aromatic nitrogens is 2. The summed E-state index contributed by atoms with van der Waals surface area (Å²) in [6, 6.07) is 27.6. The molecule has 0 aliphatic carbocycles. The van der Waals surface area contributed by atoms with Gasteiger partial charge in [0.25, 0.3) is 11.1 Å². The molecule has 4 nitrogen and oxygen atoms in total. The molecule has 150 valence electrons. The summed E-state index contributed by atoms with van der Waals surface area (Å²) >= 11 is 0. The first-order chi connectivity index (χ1) is 15.2. The molecule has 0 saturated carbocycles. The zero-order valence-corrected chi connectivity index (χ0v) is 16.9.